The maximum atomic E-state index is 13.1. The number of halogens is 1. The number of carbonyl (C=O) groups excluding carboxylic acids is 1. The molecule has 2 saturated heterocycles. The van der Waals surface area contributed by atoms with Gasteiger partial charge in [0.15, 0.2) is 0 Å². The summed E-state index contributed by atoms with van der Waals surface area (Å²) in [4.78, 5) is 14.7. The van der Waals surface area contributed by atoms with Crippen LogP contribution in [-0.2, 0) is 14.8 Å². The molecule has 0 radical (unpaired) electrons. The molecule has 0 bridgehead atoms. The van der Waals surface area contributed by atoms with E-state index < -0.39 is 21.9 Å². The summed E-state index contributed by atoms with van der Waals surface area (Å²) in [6.45, 7) is 1.75. The van der Waals surface area contributed by atoms with Gasteiger partial charge in [-0.25, -0.2) is 12.8 Å². The van der Waals surface area contributed by atoms with Crippen LogP contribution in [0.3, 0.4) is 0 Å². The fraction of sp³-hybridized carbons (Fsp3) is 0.588. The maximum absolute atomic E-state index is 13.1. The molecule has 1 aromatic carbocycles. The molecular formula is C17H23FN2O3S. The molecule has 0 saturated carbocycles. The quantitative estimate of drug-likeness (QED) is 0.837. The zero-order chi connectivity index (χ0) is 17.2. The van der Waals surface area contributed by atoms with Crippen molar-refractivity contribution in [3.05, 3.63) is 30.1 Å². The van der Waals surface area contributed by atoms with E-state index in [4.69, 9.17) is 0 Å². The Morgan fingerprint density at radius 3 is 2.25 bits per heavy atom. The molecule has 24 heavy (non-hydrogen) atoms. The molecular weight excluding hydrogens is 331 g/mol. The number of hydrogen-bond acceptors (Lipinski definition) is 3. The summed E-state index contributed by atoms with van der Waals surface area (Å²) in [5.41, 5.74) is 0. The molecule has 2 aliphatic heterocycles. The Bertz CT molecular complexity index is 684. The first-order valence-corrected chi connectivity index (χ1v) is 10.0. The summed E-state index contributed by atoms with van der Waals surface area (Å²) >= 11 is 0. The van der Waals surface area contributed by atoms with Gasteiger partial charge in [-0.05, 0) is 56.4 Å². The average Bonchev–Trinajstić information content (AvgIpc) is 2.62. The van der Waals surface area contributed by atoms with Crippen LogP contribution in [0.2, 0.25) is 0 Å². The third-order valence-corrected chi connectivity index (χ3v) is 6.75. The monoisotopic (exact) mass is 354 g/mol. The van der Waals surface area contributed by atoms with Gasteiger partial charge in [-0.1, -0.05) is 6.42 Å². The van der Waals surface area contributed by atoms with Crippen molar-refractivity contribution in [1.29, 1.82) is 0 Å². The molecule has 132 valence electrons. The lowest BCUT2D eigenvalue weighted by molar-refractivity contribution is -0.137. The van der Waals surface area contributed by atoms with Crippen molar-refractivity contribution >= 4 is 15.9 Å². The summed E-state index contributed by atoms with van der Waals surface area (Å²) in [5, 5.41) is 0. The first-order chi connectivity index (χ1) is 11.5. The van der Waals surface area contributed by atoms with Gasteiger partial charge in [0.05, 0.1) is 4.90 Å². The number of nitrogens with zero attached hydrogens (tertiary/aromatic N) is 2. The van der Waals surface area contributed by atoms with Gasteiger partial charge in [0.25, 0.3) is 0 Å². The number of amides is 1. The first kappa shape index (κ1) is 17.4. The minimum Gasteiger partial charge on any atom is -0.341 e. The Morgan fingerprint density at radius 2 is 1.58 bits per heavy atom. The van der Waals surface area contributed by atoms with Gasteiger partial charge in [-0.3, -0.25) is 4.79 Å². The second-order valence-corrected chi connectivity index (χ2v) is 8.36. The Hall–Kier alpha value is -1.47. The number of sulfonamides is 1. The standard InChI is InChI=1S/C17H23FN2O3S/c18-14-7-9-15(10-8-14)24(22,23)20-13-5-2-6-16(20)17(21)19-11-3-1-4-12-19/h7-10,16H,1-6,11-13H2/t16-/m0/s1. The molecule has 2 heterocycles. The van der Waals surface area contributed by atoms with Gasteiger partial charge in [-0.15, -0.1) is 0 Å². The lowest BCUT2D eigenvalue weighted by atomic mass is 10.0. The second-order valence-electron chi connectivity index (χ2n) is 6.47. The topological polar surface area (TPSA) is 57.7 Å². The van der Waals surface area contributed by atoms with Gasteiger partial charge >= 0.3 is 0 Å². The molecule has 1 atom stereocenters. The van der Waals surface area contributed by atoms with Crippen LogP contribution in [0.25, 0.3) is 0 Å². The van der Waals surface area contributed by atoms with Crippen molar-refractivity contribution in [3.8, 4) is 0 Å². The Labute approximate surface area is 142 Å². The van der Waals surface area contributed by atoms with Gasteiger partial charge < -0.3 is 4.90 Å². The average molecular weight is 354 g/mol. The van der Waals surface area contributed by atoms with Crippen LogP contribution in [0.1, 0.15) is 38.5 Å². The molecule has 0 spiro atoms. The van der Waals surface area contributed by atoms with Crippen molar-refractivity contribution in [3.63, 3.8) is 0 Å². The third kappa shape index (κ3) is 3.47. The predicted octanol–water partition coefficient (Wildman–Crippen LogP) is 2.38. The molecule has 0 aliphatic carbocycles. The van der Waals surface area contributed by atoms with Crippen molar-refractivity contribution in [1.82, 2.24) is 9.21 Å². The number of hydrogen-bond donors (Lipinski definition) is 0. The van der Waals surface area contributed by atoms with Gasteiger partial charge in [0.2, 0.25) is 15.9 Å². The van der Waals surface area contributed by atoms with Crippen LogP contribution >= 0.6 is 0 Å². The molecule has 2 fully saturated rings. The maximum Gasteiger partial charge on any atom is 0.243 e. The highest BCUT2D eigenvalue weighted by Gasteiger charge is 2.39. The van der Waals surface area contributed by atoms with E-state index >= 15 is 0 Å². The second kappa shape index (κ2) is 7.19. The largest absolute Gasteiger partial charge is 0.341 e. The zero-order valence-corrected chi connectivity index (χ0v) is 14.5. The number of likely N-dealkylation sites (tertiary alicyclic amines) is 1. The van der Waals surface area contributed by atoms with Crippen LogP contribution in [0, 0.1) is 5.82 Å². The van der Waals surface area contributed by atoms with Gasteiger partial charge in [0.1, 0.15) is 11.9 Å². The van der Waals surface area contributed by atoms with Crippen LogP contribution in [0.15, 0.2) is 29.2 Å². The van der Waals surface area contributed by atoms with Crippen LogP contribution in [0.4, 0.5) is 4.39 Å². The van der Waals surface area contributed by atoms with Crippen molar-refractivity contribution < 1.29 is 17.6 Å². The summed E-state index contributed by atoms with van der Waals surface area (Å²) in [5.74, 6) is -0.561. The SMILES string of the molecule is O=C([C@@H]1CCCCN1S(=O)(=O)c1ccc(F)cc1)N1CCCCC1. The lowest BCUT2D eigenvalue weighted by Gasteiger charge is -2.38. The van der Waals surface area contributed by atoms with Crippen LogP contribution < -0.4 is 0 Å². The molecule has 2 aliphatic rings. The van der Waals surface area contributed by atoms with Crippen LogP contribution in [-0.4, -0.2) is 49.2 Å². The fourth-order valence-corrected chi connectivity index (χ4v) is 5.16. The Kier molecular flexibility index (Phi) is 5.20. The smallest absolute Gasteiger partial charge is 0.243 e. The van der Waals surface area contributed by atoms with Gasteiger partial charge in [0, 0.05) is 19.6 Å². The summed E-state index contributed by atoms with van der Waals surface area (Å²) in [7, 11) is -3.79. The van der Waals surface area contributed by atoms with Crippen molar-refractivity contribution in [2.45, 2.75) is 49.5 Å². The summed E-state index contributed by atoms with van der Waals surface area (Å²) in [6, 6.07) is 4.17. The van der Waals surface area contributed by atoms with E-state index in [1.54, 1.807) is 4.90 Å². The fourth-order valence-electron chi connectivity index (χ4n) is 3.51. The number of benzene rings is 1. The normalized spacial score (nSPS) is 23.2. The first-order valence-electron chi connectivity index (χ1n) is 8.56. The molecule has 1 amide bonds. The van der Waals surface area contributed by atoms with E-state index in [1.165, 1.54) is 16.4 Å². The molecule has 1 aromatic rings. The predicted molar refractivity (Wildman–Crippen MR) is 88.4 cm³/mol. The number of piperidine rings is 2. The summed E-state index contributed by atoms with van der Waals surface area (Å²) in [6.07, 6.45) is 5.21. The molecule has 0 unspecified atom stereocenters. The highest BCUT2D eigenvalue weighted by molar-refractivity contribution is 7.89. The molecule has 3 rings (SSSR count). The van der Waals surface area contributed by atoms with E-state index in [0.29, 0.717) is 26.1 Å². The van der Waals surface area contributed by atoms with E-state index in [2.05, 4.69) is 0 Å². The van der Waals surface area contributed by atoms with Crippen molar-refractivity contribution in [2.75, 3.05) is 19.6 Å². The Balaban J connectivity index is 1.85. The van der Waals surface area contributed by atoms with E-state index in [0.717, 1.165) is 44.2 Å². The lowest BCUT2D eigenvalue weighted by Crippen LogP contribution is -2.53. The minimum absolute atomic E-state index is 0.0437. The van der Waals surface area contributed by atoms with E-state index in [-0.39, 0.29) is 10.8 Å². The third-order valence-electron chi connectivity index (χ3n) is 4.83. The van der Waals surface area contributed by atoms with Crippen molar-refractivity contribution in [2.24, 2.45) is 0 Å². The number of carbonyl (C=O) groups is 1. The van der Waals surface area contributed by atoms with Crippen LogP contribution in [0.5, 0.6) is 0 Å². The van der Waals surface area contributed by atoms with Gasteiger partial charge in [-0.2, -0.15) is 4.31 Å². The molecule has 0 N–H and O–H groups in total. The molecule has 0 aromatic heterocycles. The zero-order valence-electron chi connectivity index (χ0n) is 13.7. The summed E-state index contributed by atoms with van der Waals surface area (Å²) < 4.78 is 40.3. The molecule has 7 heteroatoms. The Morgan fingerprint density at radius 1 is 0.958 bits per heavy atom. The highest BCUT2D eigenvalue weighted by Crippen LogP contribution is 2.27. The van der Waals surface area contributed by atoms with E-state index in [9.17, 15) is 17.6 Å². The molecule has 5 nitrogen and oxygen atoms in total. The minimum atomic E-state index is -3.79. The highest BCUT2D eigenvalue weighted by atomic mass is 32.2. The van der Waals surface area contributed by atoms with E-state index in [1.807, 2.05) is 0 Å². The number of rotatable bonds is 3.